The highest BCUT2D eigenvalue weighted by Crippen LogP contribution is 2.33. The van der Waals surface area contributed by atoms with Crippen LogP contribution in [0.3, 0.4) is 0 Å². The molecule has 0 bridgehead atoms. The van der Waals surface area contributed by atoms with E-state index in [0.717, 1.165) is 52.8 Å². The topological polar surface area (TPSA) is 381 Å². The molecule has 0 saturated heterocycles. The molecule has 0 aliphatic rings. The molecule has 3 atom stereocenters. The van der Waals surface area contributed by atoms with Crippen molar-refractivity contribution < 1.29 is 38.6 Å². The number of thiazole rings is 3. The number of hydrogen-bond acceptors (Lipinski definition) is 28. The van der Waals surface area contributed by atoms with Crippen LogP contribution in [0.2, 0.25) is 0 Å². The summed E-state index contributed by atoms with van der Waals surface area (Å²) in [6.45, 7) is 20.0. The Bertz CT molecular complexity index is 4460. The summed E-state index contributed by atoms with van der Waals surface area (Å²) in [4.78, 5) is 121. The van der Waals surface area contributed by atoms with Crippen molar-refractivity contribution in [2.45, 2.75) is 86.0 Å². The summed E-state index contributed by atoms with van der Waals surface area (Å²) in [7, 11) is 12.5. The molecule has 6 heterocycles. The number of amides is 5. The van der Waals surface area contributed by atoms with Gasteiger partial charge in [0.05, 0.1) is 20.7 Å². The van der Waals surface area contributed by atoms with Crippen molar-refractivity contribution in [3.63, 3.8) is 0 Å². The summed E-state index contributed by atoms with van der Waals surface area (Å²) in [5.74, 6) is 4.07. The van der Waals surface area contributed by atoms with E-state index in [0.29, 0.717) is 105 Å². The Balaban J connectivity index is 0.000000247. The zero-order valence-electron chi connectivity index (χ0n) is 65.7. The molecule has 0 radical (unpaired) electrons. The number of carbonyl (C=O) groups excluding carboxylic acids is 5. The minimum atomic E-state index is -0.892. The number of carboxylic acid groups (broad SMARTS) is 1. The lowest BCUT2D eigenvalue weighted by atomic mass is 10.2. The number of anilines is 9. The number of aliphatic carboxylic acids is 1. The first-order valence-electron chi connectivity index (χ1n) is 35.6. The standard InChI is InChI=1S/C26H34N8O2S.C25H33N7O3S.C20H25N7OS.C6H11NO2/c1-18(34(5)24(35)12-9-15-33(3)4)25(36)28-14-13-27-22-16-23(31-19(2)30-22)32-26-29-17-21(37-26)20-10-7-6-8-11-20;1-16(32(6)24(34)35-25(3,4)5)22(33)27-13-12-26-20-14-21(30-17(2)29-20)31-23-28-15-19(36-23)18-10-8-7-9-11-18;1-13(21-3)19(28)23-10-9-22-17-11-18(26-14(2)25-17)27-20-24-12-16(29-20)15-7-5-4-6-8-15;1-7(2)5-3-4-6(8)9/h6-12,16-18H,13-15H2,1-5H3,(H,28,36)(H2,27,29,30,31,32);7-11,14-16H,12-13H2,1-6H3,(H,27,33)(H2,26,28,29,30,31);4-8,11-13,21H,9-10H2,1-3H3,(H,23,28)(H2,22,24,25,26,27);3-4H,5H2,1-2H3,(H,8,9)/b12-9+;;;4-3+/t18-;16-;13-;/m000./s1. The number of aryl methyl sites for hydroxylation is 3. The number of nitrogens with zero attached hydrogens (tertiary/aromatic N) is 13. The number of carboxylic acids is 1. The fourth-order valence-electron chi connectivity index (χ4n) is 9.29. The smallest absolute Gasteiger partial charge is 0.410 e. The third kappa shape index (κ3) is 32.7. The van der Waals surface area contributed by atoms with Gasteiger partial charge in [-0.05, 0) is 114 Å². The first-order valence-corrected chi connectivity index (χ1v) is 38.1. The quantitative estimate of drug-likeness (QED) is 0.0134. The van der Waals surface area contributed by atoms with Crippen LogP contribution < -0.4 is 53.2 Å². The molecule has 3 aromatic carbocycles. The predicted octanol–water partition coefficient (Wildman–Crippen LogP) is 10.6. The molecule has 34 heteroatoms. The van der Waals surface area contributed by atoms with Gasteiger partial charge in [-0.1, -0.05) is 137 Å². The van der Waals surface area contributed by atoms with Crippen molar-refractivity contribution in [2.24, 2.45) is 0 Å². The van der Waals surface area contributed by atoms with Gasteiger partial charge in [0, 0.05) is 115 Å². The zero-order chi connectivity index (χ0) is 81.0. The van der Waals surface area contributed by atoms with E-state index in [4.69, 9.17) is 9.84 Å². The van der Waals surface area contributed by atoms with E-state index in [-0.39, 0.29) is 29.7 Å². The zero-order valence-corrected chi connectivity index (χ0v) is 68.1. The highest BCUT2D eigenvalue weighted by atomic mass is 32.1. The lowest BCUT2D eigenvalue weighted by Gasteiger charge is -2.28. The Morgan fingerprint density at radius 2 is 0.793 bits per heavy atom. The summed E-state index contributed by atoms with van der Waals surface area (Å²) in [5, 5.41) is 41.1. The van der Waals surface area contributed by atoms with Crippen LogP contribution in [-0.2, 0) is 28.7 Å². The molecule has 0 unspecified atom stereocenters. The second kappa shape index (κ2) is 45.5. The van der Waals surface area contributed by atoms with Crippen LogP contribution in [0.25, 0.3) is 31.3 Å². The normalized spacial score (nSPS) is 11.8. The SMILES string of the molecule is CN(C)C/C=C/C(=O)O.CN[C@@H](C)C(=O)NCCNc1cc(Nc2ncc(-c3ccccc3)s2)nc(C)n1.Cc1nc(NCCNC(=O)[C@H](C)N(C)C(=O)/C=C/CN(C)C)cc(Nc2ncc(-c3ccccc3)s2)n1.Cc1nc(NCCNC(=O)[C@H](C)N(C)C(=O)OC(C)(C)C)cc(Nc2ncc(-c3ccccc3)s2)n1. The Labute approximate surface area is 661 Å². The summed E-state index contributed by atoms with van der Waals surface area (Å²) >= 11 is 4.65. The largest absolute Gasteiger partial charge is 0.478 e. The van der Waals surface area contributed by atoms with Crippen molar-refractivity contribution >= 4 is 120 Å². The van der Waals surface area contributed by atoms with Gasteiger partial charge in [0.15, 0.2) is 15.4 Å². The Kier molecular flexibility index (Phi) is 36.3. The molecule has 9 rings (SSSR count). The molecule has 0 aliphatic heterocycles. The predicted molar refractivity (Wildman–Crippen MR) is 445 cm³/mol. The summed E-state index contributed by atoms with van der Waals surface area (Å²) in [6.07, 6.45) is 11.0. The molecule has 0 saturated carbocycles. The third-order valence-corrected chi connectivity index (χ3v) is 18.2. The van der Waals surface area contributed by atoms with Gasteiger partial charge in [0.25, 0.3) is 0 Å². The van der Waals surface area contributed by atoms with Gasteiger partial charge >= 0.3 is 12.1 Å². The van der Waals surface area contributed by atoms with E-state index in [1.165, 1.54) is 27.2 Å². The van der Waals surface area contributed by atoms with Crippen molar-refractivity contribution in [2.75, 3.05) is 134 Å². The van der Waals surface area contributed by atoms with Gasteiger partial charge < -0.3 is 77.7 Å². The van der Waals surface area contributed by atoms with Gasteiger partial charge in [0.2, 0.25) is 23.6 Å². The second-order valence-electron chi connectivity index (χ2n) is 26.3. The molecule has 592 valence electrons. The van der Waals surface area contributed by atoms with Gasteiger partial charge in [-0.3, -0.25) is 24.1 Å². The molecular weight excluding hydrogens is 1470 g/mol. The highest BCUT2D eigenvalue weighted by Gasteiger charge is 2.27. The molecule has 5 amide bonds. The number of ether oxygens (including phenoxy) is 1. The Morgan fingerprint density at radius 3 is 1.12 bits per heavy atom. The van der Waals surface area contributed by atoms with Gasteiger partial charge in [-0.25, -0.2) is 54.4 Å². The van der Waals surface area contributed by atoms with E-state index in [2.05, 4.69) is 110 Å². The third-order valence-electron chi connectivity index (χ3n) is 15.3. The number of nitrogens with one attached hydrogen (secondary N) is 10. The summed E-state index contributed by atoms with van der Waals surface area (Å²) < 4.78 is 5.31. The summed E-state index contributed by atoms with van der Waals surface area (Å²) in [6, 6.07) is 34.2. The highest BCUT2D eigenvalue weighted by molar-refractivity contribution is 7.19. The average molecular weight is 1580 g/mol. The van der Waals surface area contributed by atoms with Crippen LogP contribution in [0, 0.1) is 20.8 Å². The number of hydrogen-bond donors (Lipinski definition) is 11. The van der Waals surface area contributed by atoms with Crippen LogP contribution in [0.15, 0.2) is 152 Å². The molecule has 111 heavy (non-hydrogen) atoms. The maximum absolute atomic E-state index is 12.5. The number of rotatable bonds is 33. The number of likely N-dealkylation sites (N-methyl/N-ethyl adjacent to an activating group) is 5. The van der Waals surface area contributed by atoms with E-state index >= 15 is 0 Å². The first-order chi connectivity index (χ1) is 52.9. The molecule has 11 N–H and O–H groups in total. The lowest BCUT2D eigenvalue weighted by Crippen LogP contribution is -2.48. The molecule has 0 aliphatic carbocycles. The Morgan fingerprint density at radius 1 is 0.468 bits per heavy atom. The molecule has 6 aromatic heterocycles. The minimum absolute atomic E-state index is 0.0338. The number of carbonyl (C=O) groups is 6. The first kappa shape index (κ1) is 88.5. The average Bonchev–Trinajstić information content (AvgIpc) is 1.73. The van der Waals surface area contributed by atoms with E-state index < -0.39 is 29.7 Å². The van der Waals surface area contributed by atoms with Gasteiger partial charge in [-0.2, -0.15) is 0 Å². The molecule has 0 fully saturated rings. The number of benzene rings is 3. The van der Waals surface area contributed by atoms with E-state index in [1.54, 1.807) is 103 Å². The maximum atomic E-state index is 12.5. The monoisotopic (exact) mass is 1570 g/mol. The lowest BCUT2D eigenvalue weighted by molar-refractivity contribution is -0.135. The number of aromatic nitrogens is 9. The van der Waals surface area contributed by atoms with E-state index in [1.807, 2.05) is 169 Å². The Hall–Kier alpha value is -11.4. The summed E-state index contributed by atoms with van der Waals surface area (Å²) in [5.41, 5.74) is 2.73. The second-order valence-corrected chi connectivity index (χ2v) is 29.4. The van der Waals surface area contributed by atoms with Crippen molar-refractivity contribution in [1.29, 1.82) is 0 Å². The minimum Gasteiger partial charge on any atom is -0.478 e. The van der Waals surface area contributed by atoms with Crippen LogP contribution in [0.4, 0.5) is 55.1 Å². The van der Waals surface area contributed by atoms with Crippen molar-refractivity contribution in [3.8, 4) is 31.3 Å². The van der Waals surface area contributed by atoms with Crippen LogP contribution in [0.5, 0.6) is 0 Å². The molecule has 9 aromatic rings. The van der Waals surface area contributed by atoms with Crippen molar-refractivity contribution in [1.82, 2.24) is 85.7 Å². The van der Waals surface area contributed by atoms with Crippen LogP contribution >= 0.6 is 34.0 Å². The van der Waals surface area contributed by atoms with Crippen LogP contribution in [-0.4, -0.2) is 231 Å². The fourth-order valence-corrected chi connectivity index (χ4v) is 11.8. The van der Waals surface area contributed by atoms with Crippen molar-refractivity contribution in [3.05, 3.63) is 170 Å². The van der Waals surface area contributed by atoms with E-state index in [9.17, 15) is 28.8 Å². The van der Waals surface area contributed by atoms with Gasteiger partial charge in [0.1, 0.15) is 70.1 Å². The van der Waals surface area contributed by atoms with Gasteiger partial charge in [-0.15, -0.1) is 0 Å². The molecule has 0 spiro atoms. The maximum Gasteiger partial charge on any atom is 0.410 e. The fraction of sp³-hybridized carbons (Fsp3) is 0.364. The molecular formula is C77H103N23O8S3. The molecule has 31 nitrogen and oxygen atoms in total. The van der Waals surface area contributed by atoms with Crippen LogP contribution in [0.1, 0.15) is 59.0 Å².